The molecule has 0 radical (unpaired) electrons. The number of carbonyl (C=O) groups excluding carboxylic acids is 1. The van der Waals surface area contributed by atoms with Gasteiger partial charge >= 0.3 is 0 Å². The standard InChI is InChI=1S/C20H25N5O3/c1-13(2)18(26)23-20-22-17-16(21-11-24(17)14(3)4)19(27)25(20)12-28-10-15-8-6-5-7-9-15/h5-9,11,13-14H,10,12H2,1-4H3,(H,22,23,26). The van der Waals surface area contributed by atoms with E-state index < -0.39 is 0 Å². The van der Waals surface area contributed by atoms with Crippen LogP contribution in [-0.2, 0) is 22.9 Å². The van der Waals surface area contributed by atoms with Crippen LogP contribution in [0.5, 0.6) is 0 Å². The maximum Gasteiger partial charge on any atom is 0.285 e. The predicted molar refractivity (Wildman–Crippen MR) is 107 cm³/mol. The summed E-state index contributed by atoms with van der Waals surface area (Å²) in [5.41, 5.74) is 1.33. The van der Waals surface area contributed by atoms with Crippen LogP contribution in [-0.4, -0.2) is 25.0 Å². The van der Waals surface area contributed by atoms with Gasteiger partial charge in [-0.3, -0.25) is 19.5 Å². The van der Waals surface area contributed by atoms with Crippen molar-refractivity contribution in [2.45, 2.75) is 47.1 Å². The molecule has 0 atom stereocenters. The number of aromatic nitrogens is 4. The summed E-state index contributed by atoms with van der Waals surface area (Å²) in [4.78, 5) is 34.0. The third kappa shape index (κ3) is 4.12. The Morgan fingerprint density at radius 3 is 2.54 bits per heavy atom. The summed E-state index contributed by atoms with van der Waals surface area (Å²) in [6.07, 6.45) is 1.59. The Morgan fingerprint density at radius 2 is 1.89 bits per heavy atom. The average molecular weight is 383 g/mol. The quantitative estimate of drug-likeness (QED) is 0.677. The van der Waals surface area contributed by atoms with Crippen LogP contribution in [0.2, 0.25) is 0 Å². The molecule has 3 rings (SSSR count). The average Bonchev–Trinajstić information content (AvgIpc) is 3.09. The first-order valence-corrected chi connectivity index (χ1v) is 9.28. The first-order chi connectivity index (χ1) is 13.4. The van der Waals surface area contributed by atoms with E-state index in [9.17, 15) is 9.59 Å². The van der Waals surface area contributed by atoms with E-state index in [0.29, 0.717) is 12.3 Å². The molecule has 8 nitrogen and oxygen atoms in total. The summed E-state index contributed by atoms with van der Waals surface area (Å²) in [5, 5.41) is 2.74. The lowest BCUT2D eigenvalue weighted by atomic mass is 10.2. The predicted octanol–water partition coefficient (Wildman–Crippen LogP) is 2.94. The van der Waals surface area contributed by atoms with Gasteiger partial charge in [0.1, 0.15) is 6.73 Å². The third-order valence-corrected chi connectivity index (χ3v) is 4.33. The van der Waals surface area contributed by atoms with Crippen LogP contribution < -0.4 is 10.9 Å². The van der Waals surface area contributed by atoms with E-state index in [1.165, 1.54) is 4.57 Å². The van der Waals surface area contributed by atoms with E-state index in [2.05, 4.69) is 15.3 Å². The zero-order chi connectivity index (χ0) is 20.3. The van der Waals surface area contributed by atoms with Gasteiger partial charge in [0.25, 0.3) is 5.56 Å². The van der Waals surface area contributed by atoms with Gasteiger partial charge in [-0.2, -0.15) is 4.98 Å². The first-order valence-electron chi connectivity index (χ1n) is 9.28. The van der Waals surface area contributed by atoms with Crippen LogP contribution in [0, 0.1) is 5.92 Å². The highest BCUT2D eigenvalue weighted by Gasteiger charge is 2.19. The van der Waals surface area contributed by atoms with Gasteiger partial charge in [-0.1, -0.05) is 44.2 Å². The number of nitrogens with zero attached hydrogens (tertiary/aromatic N) is 4. The molecule has 0 unspecified atom stereocenters. The number of rotatable bonds is 7. The summed E-state index contributed by atoms with van der Waals surface area (Å²) in [6.45, 7) is 7.80. The number of ether oxygens (including phenoxy) is 1. The number of hydrogen-bond acceptors (Lipinski definition) is 5. The Labute approximate surface area is 163 Å². The van der Waals surface area contributed by atoms with Crippen molar-refractivity contribution in [1.82, 2.24) is 19.1 Å². The zero-order valence-corrected chi connectivity index (χ0v) is 16.5. The van der Waals surface area contributed by atoms with Gasteiger partial charge in [0, 0.05) is 12.0 Å². The molecule has 0 aliphatic rings. The summed E-state index contributed by atoms with van der Waals surface area (Å²) < 4.78 is 8.82. The first kappa shape index (κ1) is 19.8. The molecule has 1 aromatic carbocycles. The maximum absolute atomic E-state index is 13.0. The minimum absolute atomic E-state index is 0.0427. The summed E-state index contributed by atoms with van der Waals surface area (Å²) in [7, 11) is 0. The Kier molecular flexibility index (Phi) is 5.89. The molecule has 0 saturated heterocycles. The van der Waals surface area contributed by atoms with Crippen LogP contribution in [0.1, 0.15) is 39.3 Å². The molecule has 0 spiro atoms. The monoisotopic (exact) mass is 383 g/mol. The molecular weight excluding hydrogens is 358 g/mol. The van der Waals surface area contributed by atoms with Gasteiger partial charge in [0.05, 0.1) is 12.9 Å². The fraction of sp³-hybridized carbons (Fsp3) is 0.400. The zero-order valence-electron chi connectivity index (χ0n) is 16.5. The van der Waals surface area contributed by atoms with Crippen LogP contribution >= 0.6 is 0 Å². The second-order valence-corrected chi connectivity index (χ2v) is 7.19. The van der Waals surface area contributed by atoms with Crippen molar-refractivity contribution >= 4 is 23.0 Å². The third-order valence-electron chi connectivity index (χ3n) is 4.33. The van der Waals surface area contributed by atoms with E-state index in [1.54, 1.807) is 24.7 Å². The molecule has 8 heteroatoms. The highest BCUT2D eigenvalue weighted by Crippen LogP contribution is 2.16. The highest BCUT2D eigenvalue weighted by molar-refractivity contribution is 5.91. The Hall–Kier alpha value is -3.00. The topological polar surface area (TPSA) is 91.0 Å². The van der Waals surface area contributed by atoms with Gasteiger partial charge in [-0.05, 0) is 19.4 Å². The van der Waals surface area contributed by atoms with Crippen molar-refractivity contribution in [2.24, 2.45) is 5.92 Å². The molecule has 0 bridgehead atoms. The van der Waals surface area contributed by atoms with Gasteiger partial charge in [0.2, 0.25) is 11.9 Å². The van der Waals surface area contributed by atoms with Gasteiger partial charge in [-0.25, -0.2) is 4.98 Å². The Bertz CT molecular complexity index is 1020. The number of benzene rings is 1. The number of carbonyl (C=O) groups is 1. The number of hydrogen-bond donors (Lipinski definition) is 1. The fourth-order valence-corrected chi connectivity index (χ4v) is 2.68. The van der Waals surface area contributed by atoms with Crippen LogP contribution in [0.4, 0.5) is 5.95 Å². The maximum atomic E-state index is 13.0. The lowest BCUT2D eigenvalue weighted by Gasteiger charge is -2.15. The molecule has 0 aliphatic carbocycles. The van der Waals surface area contributed by atoms with Crippen molar-refractivity contribution in [3.05, 3.63) is 52.6 Å². The molecule has 28 heavy (non-hydrogen) atoms. The van der Waals surface area contributed by atoms with Gasteiger partial charge in [-0.15, -0.1) is 0 Å². The van der Waals surface area contributed by atoms with Gasteiger partial charge in [0.15, 0.2) is 11.2 Å². The Balaban J connectivity index is 1.96. The number of amides is 1. The smallest absolute Gasteiger partial charge is 0.285 e. The minimum atomic E-state index is -0.350. The van der Waals surface area contributed by atoms with Crippen molar-refractivity contribution in [3.63, 3.8) is 0 Å². The fourth-order valence-electron chi connectivity index (χ4n) is 2.68. The van der Waals surface area contributed by atoms with Gasteiger partial charge < -0.3 is 9.30 Å². The molecule has 0 saturated carbocycles. The molecule has 2 aromatic heterocycles. The van der Waals surface area contributed by atoms with E-state index in [1.807, 2.05) is 44.2 Å². The summed E-state index contributed by atoms with van der Waals surface area (Å²) in [6, 6.07) is 9.73. The second-order valence-electron chi connectivity index (χ2n) is 7.19. The minimum Gasteiger partial charge on any atom is -0.356 e. The second kappa shape index (κ2) is 8.35. The van der Waals surface area contributed by atoms with E-state index >= 15 is 0 Å². The lowest BCUT2D eigenvalue weighted by molar-refractivity contribution is -0.119. The molecule has 148 valence electrons. The number of imidazole rings is 1. The molecule has 1 N–H and O–H groups in total. The summed E-state index contributed by atoms with van der Waals surface area (Å²) in [5.74, 6) is -0.313. The van der Waals surface area contributed by atoms with Crippen LogP contribution in [0.15, 0.2) is 41.5 Å². The normalized spacial score (nSPS) is 11.5. The molecule has 2 heterocycles. The molecule has 3 aromatic rings. The number of fused-ring (bicyclic) bond motifs is 1. The van der Waals surface area contributed by atoms with Crippen molar-refractivity contribution in [3.8, 4) is 0 Å². The number of nitrogens with one attached hydrogen (secondary N) is 1. The van der Waals surface area contributed by atoms with E-state index in [4.69, 9.17) is 4.74 Å². The molecule has 0 fully saturated rings. The Morgan fingerprint density at radius 1 is 1.18 bits per heavy atom. The molecule has 0 aliphatic heterocycles. The number of anilines is 1. The largest absolute Gasteiger partial charge is 0.356 e. The van der Waals surface area contributed by atoms with Crippen molar-refractivity contribution in [2.75, 3.05) is 5.32 Å². The van der Waals surface area contributed by atoms with Crippen molar-refractivity contribution in [1.29, 1.82) is 0 Å². The SMILES string of the molecule is CC(C)C(=O)Nc1nc2c(ncn2C(C)C)c(=O)n1COCc1ccccc1. The van der Waals surface area contributed by atoms with Crippen LogP contribution in [0.3, 0.4) is 0 Å². The van der Waals surface area contributed by atoms with E-state index in [0.717, 1.165) is 5.56 Å². The molecule has 1 amide bonds. The lowest BCUT2D eigenvalue weighted by Crippen LogP contribution is -2.30. The summed E-state index contributed by atoms with van der Waals surface area (Å²) >= 11 is 0. The molecular formula is C20H25N5O3. The van der Waals surface area contributed by atoms with Crippen LogP contribution in [0.25, 0.3) is 11.2 Å². The highest BCUT2D eigenvalue weighted by atomic mass is 16.5. The van der Waals surface area contributed by atoms with Crippen molar-refractivity contribution < 1.29 is 9.53 Å². The van der Waals surface area contributed by atoms with E-state index in [-0.39, 0.29) is 41.6 Å².